The standard InChI is InChI=1S/C24H27N3O3S/c1-16-5-11-20(12-6-16)30-14-22-26-19(15-31-22)13-21(28)25-18-9-7-17(8-10-18)23(29)27-24(2,3)4/h5-12,15H,13-14H2,1-4H3,(H,25,28)(H,27,29). The molecule has 31 heavy (non-hydrogen) atoms. The van der Waals surface area contributed by atoms with Gasteiger partial charge in [0.05, 0.1) is 12.1 Å². The average Bonchev–Trinajstić information content (AvgIpc) is 3.14. The van der Waals surface area contributed by atoms with Gasteiger partial charge in [0.2, 0.25) is 5.91 Å². The molecule has 0 spiro atoms. The summed E-state index contributed by atoms with van der Waals surface area (Å²) in [5.41, 5.74) is 2.76. The highest BCUT2D eigenvalue weighted by Gasteiger charge is 2.15. The summed E-state index contributed by atoms with van der Waals surface area (Å²) >= 11 is 1.47. The molecular formula is C24H27N3O3S. The third-order valence-corrected chi connectivity index (χ3v) is 5.11. The normalized spacial score (nSPS) is 11.1. The van der Waals surface area contributed by atoms with E-state index in [9.17, 15) is 9.59 Å². The molecule has 1 aromatic heterocycles. The minimum atomic E-state index is -0.304. The van der Waals surface area contributed by atoms with Crippen LogP contribution in [0, 0.1) is 6.92 Å². The molecule has 2 N–H and O–H groups in total. The van der Waals surface area contributed by atoms with Crippen molar-refractivity contribution in [2.24, 2.45) is 0 Å². The van der Waals surface area contributed by atoms with Gasteiger partial charge in [-0.05, 0) is 64.1 Å². The first-order valence-electron chi connectivity index (χ1n) is 10.0. The van der Waals surface area contributed by atoms with Crippen LogP contribution in [-0.4, -0.2) is 22.3 Å². The molecule has 0 unspecified atom stereocenters. The molecule has 1 heterocycles. The SMILES string of the molecule is Cc1ccc(OCc2nc(CC(=O)Nc3ccc(C(=O)NC(C)(C)C)cc3)cs2)cc1. The lowest BCUT2D eigenvalue weighted by Gasteiger charge is -2.20. The Morgan fingerprint density at radius 2 is 1.71 bits per heavy atom. The van der Waals surface area contributed by atoms with Gasteiger partial charge in [-0.3, -0.25) is 9.59 Å². The molecule has 6 nitrogen and oxygen atoms in total. The first-order valence-corrected chi connectivity index (χ1v) is 10.9. The van der Waals surface area contributed by atoms with Crippen LogP contribution < -0.4 is 15.4 Å². The van der Waals surface area contributed by atoms with E-state index in [-0.39, 0.29) is 23.8 Å². The van der Waals surface area contributed by atoms with Crippen molar-refractivity contribution >= 4 is 28.8 Å². The second-order valence-electron chi connectivity index (χ2n) is 8.34. The molecule has 3 rings (SSSR count). The summed E-state index contributed by atoms with van der Waals surface area (Å²) < 4.78 is 5.74. The van der Waals surface area contributed by atoms with E-state index in [0.29, 0.717) is 23.6 Å². The predicted molar refractivity (Wildman–Crippen MR) is 124 cm³/mol. The lowest BCUT2D eigenvalue weighted by atomic mass is 10.1. The molecule has 0 aliphatic rings. The first-order chi connectivity index (χ1) is 14.7. The lowest BCUT2D eigenvalue weighted by Crippen LogP contribution is -2.40. The second kappa shape index (κ2) is 9.75. The molecule has 162 valence electrons. The van der Waals surface area contributed by atoms with Gasteiger partial charge in [0, 0.05) is 22.2 Å². The summed E-state index contributed by atoms with van der Waals surface area (Å²) in [6, 6.07) is 14.7. The number of nitrogens with zero attached hydrogens (tertiary/aromatic N) is 1. The van der Waals surface area contributed by atoms with E-state index in [1.165, 1.54) is 16.9 Å². The number of carbonyl (C=O) groups excluding carboxylic acids is 2. The molecule has 7 heteroatoms. The number of amides is 2. The van der Waals surface area contributed by atoms with Gasteiger partial charge in [-0.25, -0.2) is 4.98 Å². The highest BCUT2D eigenvalue weighted by atomic mass is 32.1. The number of nitrogens with one attached hydrogen (secondary N) is 2. The molecule has 0 bridgehead atoms. The molecule has 0 saturated heterocycles. The van der Waals surface area contributed by atoms with Gasteiger partial charge >= 0.3 is 0 Å². The third kappa shape index (κ3) is 7.22. The van der Waals surface area contributed by atoms with E-state index in [1.807, 2.05) is 57.3 Å². The van der Waals surface area contributed by atoms with Gasteiger partial charge in [0.15, 0.2) is 0 Å². The van der Waals surface area contributed by atoms with Crippen LogP contribution in [0.4, 0.5) is 5.69 Å². The number of carbonyl (C=O) groups is 2. The molecular weight excluding hydrogens is 410 g/mol. The summed E-state index contributed by atoms with van der Waals surface area (Å²) in [5.74, 6) is 0.483. The molecule has 0 fully saturated rings. The van der Waals surface area contributed by atoms with Crippen molar-refractivity contribution in [3.8, 4) is 5.75 Å². The highest BCUT2D eigenvalue weighted by molar-refractivity contribution is 7.09. The molecule has 0 radical (unpaired) electrons. The molecule has 0 saturated carbocycles. The summed E-state index contributed by atoms with van der Waals surface area (Å²) in [6.45, 7) is 8.18. The Hall–Kier alpha value is -3.19. The molecule has 2 aromatic carbocycles. The van der Waals surface area contributed by atoms with Gasteiger partial charge < -0.3 is 15.4 Å². The van der Waals surface area contributed by atoms with Gasteiger partial charge in [-0.2, -0.15) is 0 Å². The first kappa shape index (κ1) is 22.5. The van der Waals surface area contributed by atoms with E-state index in [1.54, 1.807) is 24.3 Å². The molecule has 2 amide bonds. The van der Waals surface area contributed by atoms with Gasteiger partial charge in [-0.1, -0.05) is 17.7 Å². The van der Waals surface area contributed by atoms with E-state index in [0.717, 1.165) is 10.8 Å². The third-order valence-electron chi connectivity index (χ3n) is 4.24. The fourth-order valence-corrected chi connectivity index (χ4v) is 3.47. The van der Waals surface area contributed by atoms with Crippen molar-refractivity contribution in [2.75, 3.05) is 5.32 Å². The van der Waals surface area contributed by atoms with Gasteiger partial charge in [0.1, 0.15) is 17.4 Å². The Morgan fingerprint density at radius 1 is 1.03 bits per heavy atom. The largest absolute Gasteiger partial charge is 0.486 e. The fraction of sp³-hybridized carbons (Fsp3) is 0.292. The zero-order chi connectivity index (χ0) is 22.4. The van der Waals surface area contributed by atoms with E-state index in [2.05, 4.69) is 15.6 Å². The van der Waals surface area contributed by atoms with Crippen molar-refractivity contribution in [1.82, 2.24) is 10.3 Å². The van der Waals surface area contributed by atoms with Crippen LogP contribution in [0.15, 0.2) is 53.9 Å². The lowest BCUT2D eigenvalue weighted by molar-refractivity contribution is -0.115. The zero-order valence-electron chi connectivity index (χ0n) is 18.2. The number of thiazole rings is 1. The smallest absolute Gasteiger partial charge is 0.251 e. The van der Waals surface area contributed by atoms with E-state index in [4.69, 9.17) is 4.74 Å². The van der Waals surface area contributed by atoms with Crippen molar-refractivity contribution in [3.05, 3.63) is 75.7 Å². The van der Waals surface area contributed by atoms with Crippen molar-refractivity contribution < 1.29 is 14.3 Å². The average molecular weight is 438 g/mol. The summed E-state index contributed by atoms with van der Waals surface area (Å²) in [5, 5.41) is 8.44. The molecule has 3 aromatic rings. The monoisotopic (exact) mass is 437 g/mol. The van der Waals surface area contributed by atoms with Crippen LogP contribution in [0.25, 0.3) is 0 Å². The minimum Gasteiger partial charge on any atom is -0.486 e. The van der Waals surface area contributed by atoms with Crippen LogP contribution in [0.5, 0.6) is 5.75 Å². The Balaban J connectivity index is 1.49. The molecule has 0 atom stereocenters. The predicted octanol–water partition coefficient (Wildman–Crippen LogP) is 4.74. The van der Waals surface area contributed by atoms with Crippen LogP contribution in [-0.2, 0) is 17.8 Å². The topological polar surface area (TPSA) is 80.3 Å². The van der Waals surface area contributed by atoms with Crippen LogP contribution in [0.1, 0.15) is 47.4 Å². The molecule has 0 aliphatic heterocycles. The Kier molecular flexibility index (Phi) is 7.07. The van der Waals surface area contributed by atoms with Crippen molar-refractivity contribution in [2.45, 2.75) is 46.3 Å². The number of anilines is 1. The highest BCUT2D eigenvalue weighted by Crippen LogP contribution is 2.17. The maximum atomic E-state index is 12.4. The van der Waals surface area contributed by atoms with Crippen LogP contribution >= 0.6 is 11.3 Å². The summed E-state index contributed by atoms with van der Waals surface area (Å²) in [7, 11) is 0. The molecule has 0 aliphatic carbocycles. The number of benzene rings is 2. The Bertz CT molecular complexity index is 1040. The Labute approximate surface area is 186 Å². The maximum Gasteiger partial charge on any atom is 0.251 e. The van der Waals surface area contributed by atoms with Gasteiger partial charge in [-0.15, -0.1) is 11.3 Å². The fourth-order valence-electron chi connectivity index (χ4n) is 2.76. The van der Waals surface area contributed by atoms with E-state index >= 15 is 0 Å². The van der Waals surface area contributed by atoms with Crippen molar-refractivity contribution in [1.29, 1.82) is 0 Å². The van der Waals surface area contributed by atoms with Gasteiger partial charge in [0.25, 0.3) is 5.91 Å². The zero-order valence-corrected chi connectivity index (χ0v) is 19.0. The Morgan fingerprint density at radius 3 is 2.35 bits per heavy atom. The van der Waals surface area contributed by atoms with E-state index < -0.39 is 0 Å². The number of hydrogen-bond acceptors (Lipinski definition) is 5. The second-order valence-corrected chi connectivity index (χ2v) is 9.28. The maximum absolute atomic E-state index is 12.4. The summed E-state index contributed by atoms with van der Waals surface area (Å²) in [4.78, 5) is 29.0. The van der Waals surface area contributed by atoms with Crippen LogP contribution in [0.3, 0.4) is 0 Å². The number of aromatic nitrogens is 1. The number of rotatable bonds is 7. The van der Waals surface area contributed by atoms with Crippen molar-refractivity contribution in [3.63, 3.8) is 0 Å². The summed E-state index contributed by atoms with van der Waals surface area (Å²) in [6.07, 6.45) is 0.174. The van der Waals surface area contributed by atoms with Crippen LogP contribution in [0.2, 0.25) is 0 Å². The number of aryl methyl sites for hydroxylation is 1. The quantitative estimate of drug-likeness (QED) is 0.559. The number of ether oxygens (including phenoxy) is 1. The number of hydrogen-bond donors (Lipinski definition) is 2. The minimum absolute atomic E-state index is 0.145.